The van der Waals surface area contributed by atoms with Crippen molar-refractivity contribution < 1.29 is 13.5 Å². The van der Waals surface area contributed by atoms with E-state index in [0.717, 1.165) is 10.6 Å². The third kappa shape index (κ3) is 3.14. The number of rotatable bonds is 1. The third-order valence-electron chi connectivity index (χ3n) is 5.78. The van der Waals surface area contributed by atoms with Crippen LogP contribution in [0.15, 0.2) is 86.0 Å². The number of hydrogen-bond acceptors (Lipinski definition) is 5. The van der Waals surface area contributed by atoms with Crippen LogP contribution in [0.5, 0.6) is 5.75 Å². The first-order chi connectivity index (χ1) is 15.6. The number of para-hydroxylation sites is 1. The summed E-state index contributed by atoms with van der Waals surface area (Å²) >= 11 is 7.68. The fourth-order valence-corrected chi connectivity index (χ4v) is 5.75. The zero-order valence-corrected chi connectivity index (χ0v) is 18.1. The molecule has 0 spiro atoms. The van der Waals surface area contributed by atoms with Gasteiger partial charge in [-0.2, -0.15) is 0 Å². The molecule has 158 valence electrons. The first kappa shape index (κ1) is 19.6. The quantitative estimate of drug-likeness (QED) is 0.320. The Morgan fingerprint density at radius 3 is 2.88 bits per heavy atom. The molecule has 0 radical (unpaired) electrons. The second-order valence-corrected chi connectivity index (χ2v) is 9.34. The summed E-state index contributed by atoms with van der Waals surface area (Å²) in [6.45, 7) is 0.316. The zero-order chi connectivity index (χ0) is 21.8. The molecule has 0 bridgehead atoms. The van der Waals surface area contributed by atoms with Crippen LogP contribution in [0.25, 0.3) is 11.0 Å². The molecule has 3 aromatic carbocycles. The fourth-order valence-electron chi connectivity index (χ4n) is 4.25. The Hall–Kier alpha value is -3.09. The van der Waals surface area contributed by atoms with Crippen LogP contribution in [0, 0.1) is 11.7 Å². The number of halogens is 2. The summed E-state index contributed by atoms with van der Waals surface area (Å²) in [5.41, 5.74) is 2.93. The standard InChI is InChI=1S/C25H15ClFNO3S/c26-13-5-7-21-16(9-13)24(29)18(12-31-21)25-17-11-30-20-8-6-14(27)10-15(20)23(17)28-19-3-1-2-4-22(19)32-25/h1-10,12,17,25H,11H2/t17-,25+/m0/s1. The predicted octanol–water partition coefficient (Wildman–Crippen LogP) is 6.56. The molecule has 0 aliphatic carbocycles. The summed E-state index contributed by atoms with van der Waals surface area (Å²) in [6, 6.07) is 17.2. The van der Waals surface area contributed by atoms with E-state index >= 15 is 0 Å². The molecular formula is C25H15ClFNO3S. The van der Waals surface area contributed by atoms with Crippen LogP contribution in [0.3, 0.4) is 0 Å². The van der Waals surface area contributed by atoms with Gasteiger partial charge in [0, 0.05) is 21.0 Å². The van der Waals surface area contributed by atoms with Gasteiger partial charge in [0.25, 0.3) is 0 Å². The number of thioether (sulfide) groups is 1. The second-order valence-electron chi connectivity index (χ2n) is 7.72. The SMILES string of the molecule is O=c1c([C@@H]2Sc3ccccc3N=C3c4cc(F)ccc4OC[C@@H]32)coc2ccc(Cl)cc12. The Bertz CT molecular complexity index is 1480. The first-order valence-electron chi connectivity index (χ1n) is 10.1. The smallest absolute Gasteiger partial charge is 0.197 e. The summed E-state index contributed by atoms with van der Waals surface area (Å²) in [5.74, 6) is -0.0552. The topological polar surface area (TPSA) is 51.8 Å². The molecule has 6 rings (SSSR count). The molecule has 2 atom stereocenters. The highest BCUT2D eigenvalue weighted by atomic mass is 35.5. The first-order valence-corrected chi connectivity index (χ1v) is 11.3. The van der Waals surface area contributed by atoms with E-state index in [1.54, 1.807) is 36.0 Å². The maximum atomic E-state index is 14.2. The molecule has 2 aliphatic rings. The highest BCUT2D eigenvalue weighted by Crippen LogP contribution is 2.49. The molecule has 0 unspecified atom stereocenters. The largest absolute Gasteiger partial charge is 0.492 e. The molecule has 32 heavy (non-hydrogen) atoms. The molecule has 1 aromatic heterocycles. The summed E-state index contributed by atoms with van der Waals surface area (Å²) < 4.78 is 26.0. The molecule has 0 N–H and O–H groups in total. The van der Waals surface area contributed by atoms with Crippen LogP contribution in [0.1, 0.15) is 16.4 Å². The average molecular weight is 464 g/mol. The van der Waals surface area contributed by atoms with E-state index < -0.39 is 0 Å². The number of nitrogens with zero attached hydrogens (tertiary/aromatic N) is 1. The van der Waals surface area contributed by atoms with Gasteiger partial charge < -0.3 is 9.15 Å². The number of aliphatic imine (C=N–C) groups is 1. The number of hydrogen-bond donors (Lipinski definition) is 0. The van der Waals surface area contributed by atoms with Crippen molar-refractivity contribution >= 4 is 45.7 Å². The minimum atomic E-state index is -0.364. The van der Waals surface area contributed by atoms with Gasteiger partial charge in [0.1, 0.15) is 17.1 Å². The normalized spacial score (nSPS) is 19.2. The van der Waals surface area contributed by atoms with Crippen LogP contribution in [-0.4, -0.2) is 12.3 Å². The van der Waals surface area contributed by atoms with Gasteiger partial charge in [-0.05, 0) is 48.5 Å². The van der Waals surface area contributed by atoms with E-state index in [1.807, 2.05) is 24.3 Å². The van der Waals surface area contributed by atoms with Crippen molar-refractivity contribution in [2.24, 2.45) is 10.9 Å². The Morgan fingerprint density at radius 1 is 1.09 bits per heavy atom. The Balaban J connectivity index is 1.59. The van der Waals surface area contributed by atoms with Crippen molar-refractivity contribution in [1.29, 1.82) is 0 Å². The average Bonchev–Trinajstić information content (AvgIpc) is 2.97. The van der Waals surface area contributed by atoms with E-state index in [0.29, 0.717) is 45.2 Å². The van der Waals surface area contributed by atoms with Crippen LogP contribution >= 0.6 is 23.4 Å². The Kier molecular flexibility index (Phi) is 4.59. The zero-order valence-electron chi connectivity index (χ0n) is 16.5. The number of fused-ring (bicyclic) bond motifs is 5. The van der Waals surface area contributed by atoms with Gasteiger partial charge in [-0.3, -0.25) is 9.79 Å². The highest BCUT2D eigenvalue weighted by molar-refractivity contribution is 7.99. The third-order valence-corrected chi connectivity index (χ3v) is 7.45. The summed E-state index contributed by atoms with van der Waals surface area (Å²) in [5, 5.41) is 0.553. The summed E-state index contributed by atoms with van der Waals surface area (Å²) in [7, 11) is 0. The molecule has 0 saturated heterocycles. The molecule has 4 aromatic rings. The lowest BCUT2D eigenvalue weighted by atomic mass is 9.88. The Morgan fingerprint density at radius 2 is 1.97 bits per heavy atom. The minimum Gasteiger partial charge on any atom is -0.492 e. The van der Waals surface area contributed by atoms with E-state index in [1.165, 1.54) is 18.4 Å². The van der Waals surface area contributed by atoms with Crippen molar-refractivity contribution in [2.75, 3.05) is 6.61 Å². The number of ether oxygens (including phenoxy) is 1. The van der Waals surface area contributed by atoms with E-state index in [4.69, 9.17) is 25.7 Å². The number of benzene rings is 3. The van der Waals surface area contributed by atoms with E-state index in [9.17, 15) is 9.18 Å². The molecule has 2 aliphatic heterocycles. The van der Waals surface area contributed by atoms with Crippen molar-refractivity contribution in [1.82, 2.24) is 0 Å². The van der Waals surface area contributed by atoms with E-state index in [2.05, 4.69) is 0 Å². The molecule has 0 fully saturated rings. The molecular weight excluding hydrogens is 449 g/mol. The van der Waals surface area contributed by atoms with Crippen molar-refractivity contribution in [3.8, 4) is 5.75 Å². The lowest BCUT2D eigenvalue weighted by Gasteiger charge is -2.31. The van der Waals surface area contributed by atoms with Crippen molar-refractivity contribution in [2.45, 2.75) is 10.1 Å². The minimum absolute atomic E-state index is 0.143. The van der Waals surface area contributed by atoms with E-state index in [-0.39, 0.29) is 22.4 Å². The molecule has 0 saturated carbocycles. The fraction of sp³-hybridized carbons (Fsp3) is 0.120. The maximum absolute atomic E-state index is 14.2. The van der Waals surface area contributed by atoms with Crippen LogP contribution in [0.4, 0.5) is 10.1 Å². The van der Waals surface area contributed by atoms with Crippen LogP contribution in [-0.2, 0) is 0 Å². The van der Waals surface area contributed by atoms with Gasteiger partial charge >= 0.3 is 0 Å². The van der Waals surface area contributed by atoms with Gasteiger partial charge in [0.05, 0.1) is 40.8 Å². The second kappa shape index (κ2) is 7.50. The maximum Gasteiger partial charge on any atom is 0.197 e. The Labute approximate surface area is 191 Å². The predicted molar refractivity (Wildman–Crippen MR) is 124 cm³/mol. The summed E-state index contributed by atoms with van der Waals surface area (Å²) in [6.07, 6.45) is 1.52. The molecule has 0 amide bonds. The van der Waals surface area contributed by atoms with Gasteiger partial charge in [0.2, 0.25) is 0 Å². The van der Waals surface area contributed by atoms with Gasteiger partial charge in [-0.1, -0.05) is 23.7 Å². The molecule has 4 nitrogen and oxygen atoms in total. The molecule has 7 heteroatoms. The lowest BCUT2D eigenvalue weighted by Crippen LogP contribution is -2.33. The summed E-state index contributed by atoms with van der Waals surface area (Å²) in [4.78, 5) is 19.4. The van der Waals surface area contributed by atoms with Gasteiger partial charge in [-0.15, -0.1) is 11.8 Å². The van der Waals surface area contributed by atoms with Gasteiger partial charge in [0.15, 0.2) is 5.43 Å². The molecule has 3 heterocycles. The van der Waals surface area contributed by atoms with Crippen molar-refractivity contribution in [3.63, 3.8) is 0 Å². The monoisotopic (exact) mass is 463 g/mol. The van der Waals surface area contributed by atoms with Crippen LogP contribution < -0.4 is 10.2 Å². The van der Waals surface area contributed by atoms with Crippen LogP contribution in [0.2, 0.25) is 5.02 Å². The highest BCUT2D eigenvalue weighted by Gasteiger charge is 2.39. The lowest BCUT2D eigenvalue weighted by molar-refractivity contribution is 0.270. The van der Waals surface area contributed by atoms with Crippen molar-refractivity contribution in [3.05, 3.63) is 99.1 Å². The van der Waals surface area contributed by atoms with Gasteiger partial charge in [-0.25, -0.2) is 4.39 Å².